The Bertz CT molecular complexity index is 902. The SMILES string of the molecule is NNc1ncc(-c2nc(N3CCOCC3)nc3c2ccn3C=O)cn1. The summed E-state index contributed by atoms with van der Waals surface area (Å²) >= 11 is 0. The van der Waals surface area contributed by atoms with Crippen molar-refractivity contribution in [2.24, 2.45) is 5.84 Å². The molecule has 0 saturated carbocycles. The molecule has 0 radical (unpaired) electrons. The third kappa shape index (κ3) is 2.77. The van der Waals surface area contributed by atoms with Crippen LogP contribution in [0.4, 0.5) is 11.9 Å². The molecule has 10 heteroatoms. The Kier molecular flexibility index (Phi) is 3.96. The zero-order valence-corrected chi connectivity index (χ0v) is 13.3. The number of carbonyl (C=O) groups excluding carboxylic acids is 1. The highest BCUT2D eigenvalue weighted by Crippen LogP contribution is 2.28. The smallest absolute Gasteiger partial charge is 0.237 e. The summed E-state index contributed by atoms with van der Waals surface area (Å²) in [7, 11) is 0. The number of ether oxygens (including phenoxy) is 1. The van der Waals surface area contributed by atoms with Crippen molar-refractivity contribution < 1.29 is 9.53 Å². The van der Waals surface area contributed by atoms with Crippen molar-refractivity contribution in [3.63, 3.8) is 0 Å². The van der Waals surface area contributed by atoms with E-state index in [2.05, 4.69) is 20.4 Å². The molecule has 3 N–H and O–H groups in total. The van der Waals surface area contributed by atoms with E-state index in [0.717, 1.165) is 11.8 Å². The first-order valence-corrected chi connectivity index (χ1v) is 7.76. The number of nitrogen functional groups attached to an aromatic ring is 1. The molecule has 1 fully saturated rings. The fourth-order valence-corrected chi connectivity index (χ4v) is 2.76. The number of nitrogens with two attached hydrogens (primary N) is 1. The highest BCUT2D eigenvalue weighted by atomic mass is 16.5. The van der Waals surface area contributed by atoms with E-state index in [-0.39, 0.29) is 0 Å². The van der Waals surface area contributed by atoms with Crippen LogP contribution < -0.4 is 16.2 Å². The van der Waals surface area contributed by atoms with Gasteiger partial charge in [0.05, 0.1) is 18.9 Å². The maximum Gasteiger partial charge on any atom is 0.237 e. The molecule has 4 rings (SSSR count). The number of hydrogen-bond donors (Lipinski definition) is 2. The van der Waals surface area contributed by atoms with Gasteiger partial charge in [0, 0.05) is 42.6 Å². The number of morpholine rings is 1. The van der Waals surface area contributed by atoms with Crippen molar-refractivity contribution in [1.29, 1.82) is 0 Å². The number of fused-ring (bicyclic) bond motifs is 1. The second kappa shape index (κ2) is 6.42. The molecule has 128 valence electrons. The van der Waals surface area contributed by atoms with E-state index in [4.69, 9.17) is 15.6 Å². The van der Waals surface area contributed by atoms with Crippen molar-refractivity contribution in [3.05, 3.63) is 24.7 Å². The molecule has 4 heterocycles. The Balaban J connectivity index is 1.88. The van der Waals surface area contributed by atoms with Crippen molar-refractivity contribution >= 4 is 29.3 Å². The normalized spacial score (nSPS) is 14.7. The van der Waals surface area contributed by atoms with Crippen molar-refractivity contribution in [3.8, 4) is 11.3 Å². The number of nitrogens with one attached hydrogen (secondary N) is 1. The molecular formula is C15H16N8O2. The first-order chi connectivity index (χ1) is 12.3. The van der Waals surface area contributed by atoms with Gasteiger partial charge in [0.25, 0.3) is 0 Å². The van der Waals surface area contributed by atoms with Gasteiger partial charge in [-0.15, -0.1) is 0 Å². The minimum Gasteiger partial charge on any atom is -0.378 e. The van der Waals surface area contributed by atoms with Gasteiger partial charge >= 0.3 is 0 Å². The van der Waals surface area contributed by atoms with Crippen molar-refractivity contribution in [2.45, 2.75) is 0 Å². The summed E-state index contributed by atoms with van der Waals surface area (Å²) in [5.74, 6) is 6.17. The van der Waals surface area contributed by atoms with Gasteiger partial charge in [0.2, 0.25) is 18.3 Å². The summed E-state index contributed by atoms with van der Waals surface area (Å²) < 4.78 is 6.81. The van der Waals surface area contributed by atoms with Crippen molar-refractivity contribution in [1.82, 2.24) is 24.5 Å². The summed E-state index contributed by atoms with van der Waals surface area (Å²) in [6.45, 7) is 2.62. The van der Waals surface area contributed by atoms with Gasteiger partial charge in [-0.3, -0.25) is 14.8 Å². The van der Waals surface area contributed by atoms with Crippen LogP contribution >= 0.6 is 0 Å². The number of hydrazine groups is 1. The monoisotopic (exact) mass is 340 g/mol. The van der Waals surface area contributed by atoms with Crippen LogP contribution in [0.5, 0.6) is 0 Å². The number of carbonyl (C=O) groups is 1. The minimum absolute atomic E-state index is 0.313. The Labute approximate surface area is 142 Å². The van der Waals surface area contributed by atoms with Crippen LogP contribution in [-0.4, -0.2) is 57.2 Å². The minimum atomic E-state index is 0.313. The maximum atomic E-state index is 11.3. The fraction of sp³-hybridized carbons (Fsp3) is 0.267. The number of aromatic nitrogens is 5. The molecule has 1 aliphatic heterocycles. The average Bonchev–Trinajstić information content (AvgIpc) is 3.11. The third-order valence-corrected chi connectivity index (χ3v) is 4.02. The standard InChI is InChI=1S/C15H16N8O2/c16-21-14-17-7-10(8-18-14)12-11-1-2-23(9-24)13(11)20-15(19-12)22-3-5-25-6-4-22/h1-2,7-9H,3-6,16H2,(H,17,18,21). The molecule has 0 aliphatic carbocycles. The molecule has 10 nitrogen and oxygen atoms in total. The second-order valence-electron chi connectivity index (χ2n) is 5.48. The Morgan fingerprint density at radius 3 is 2.64 bits per heavy atom. The van der Waals surface area contributed by atoms with E-state index in [1.807, 2.05) is 4.90 Å². The van der Waals surface area contributed by atoms with E-state index < -0.39 is 0 Å². The topological polar surface area (TPSA) is 124 Å². The highest BCUT2D eigenvalue weighted by molar-refractivity contribution is 5.94. The summed E-state index contributed by atoms with van der Waals surface area (Å²) in [6.07, 6.45) is 5.65. The van der Waals surface area contributed by atoms with Crippen LogP contribution in [0.2, 0.25) is 0 Å². The van der Waals surface area contributed by atoms with Gasteiger partial charge in [-0.1, -0.05) is 0 Å². The zero-order valence-electron chi connectivity index (χ0n) is 13.3. The number of rotatable bonds is 4. The predicted octanol–water partition coefficient (Wildman–Crippen LogP) is 0.0488. The van der Waals surface area contributed by atoms with Crippen LogP contribution in [0, 0.1) is 0 Å². The number of hydrogen-bond acceptors (Lipinski definition) is 9. The largest absolute Gasteiger partial charge is 0.378 e. The van der Waals surface area contributed by atoms with Crippen LogP contribution in [0.1, 0.15) is 0 Å². The molecule has 0 amide bonds. The van der Waals surface area contributed by atoms with E-state index >= 15 is 0 Å². The molecule has 0 spiro atoms. The molecule has 0 unspecified atom stereocenters. The van der Waals surface area contributed by atoms with Crippen molar-refractivity contribution in [2.75, 3.05) is 36.6 Å². The molecule has 0 aromatic carbocycles. The lowest BCUT2D eigenvalue weighted by Crippen LogP contribution is -2.37. The Morgan fingerprint density at radius 2 is 1.96 bits per heavy atom. The van der Waals surface area contributed by atoms with Crippen LogP contribution in [0.15, 0.2) is 24.7 Å². The Morgan fingerprint density at radius 1 is 1.20 bits per heavy atom. The molecule has 0 bridgehead atoms. The molecule has 0 atom stereocenters. The van der Waals surface area contributed by atoms with Crippen LogP contribution in [0.25, 0.3) is 22.3 Å². The first-order valence-electron chi connectivity index (χ1n) is 7.76. The van der Waals surface area contributed by atoms with Crippen LogP contribution in [0.3, 0.4) is 0 Å². The fourth-order valence-electron chi connectivity index (χ4n) is 2.76. The summed E-state index contributed by atoms with van der Waals surface area (Å²) in [4.78, 5) is 30.9. The lowest BCUT2D eigenvalue weighted by molar-refractivity contribution is 0.122. The maximum absolute atomic E-state index is 11.3. The summed E-state index contributed by atoms with van der Waals surface area (Å²) in [5, 5.41) is 0.751. The van der Waals surface area contributed by atoms with Gasteiger partial charge in [-0.05, 0) is 6.07 Å². The Hall–Kier alpha value is -3.11. The molecule has 1 aliphatic rings. The van der Waals surface area contributed by atoms with Crippen LogP contribution in [-0.2, 0) is 9.53 Å². The van der Waals surface area contributed by atoms with E-state index in [0.29, 0.717) is 55.1 Å². The van der Waals surface area contributed by atoms with Gasteiger partial charge in [-0.25, -0.2) is 20.8 Å². The molecule has 1 saturated heterocycles. The quantitative estimate of drug-likeness (QED) is 0.385. The van der Waals surface area contributed by atoms with Gasteiger partial charge < -0.3 is 9.64 Å². The predicted molar refractivity (Wildman–Crippen MR) is 91.5 cm³/mol. The van der Waals surface area contributed by atoms with E-state index in [1.165, 1.54) is 4.57 Å². The lowest BCUT2D eigenvalue weighted by atomic mass is 10.2. The molecule has 25 heavy (non-hydrogen) atoms. The van der Waals surface area contributed by atoms with Gasteiger partial charge in [-0.2, -0.15) is 4.98 Å². The first kappa shape index (κ1) is 15.4. The van der Waals surface area contributed by atoms with E-state index in [1.54, 1.807) is 24.7 Å². The second-order valence-corrected chi connectivity index (χ2v) is 5.48. The highest BCUT2D eigenvalue weighted by Gasteiger charge is 2.19. The lowest BCUT2D eigenvalue weighted by Gasteiger charge is -2.27. The molecule has 3 aromatic heterocycles. The number of nitrogens with zero attached hydrogens (tertiary/aromatic N) is 6. The summed E-state index contributed by atoms with van der Waals surface area (Å²) in [6, 6.07) is 1.80. The zero-order chi connectivity index (χ0) is 17.2. The molecular weight excluding hydrogens is 324 g/mol. The number of anilines is 2. The van der Waals surface area contributed by atoms with Gasteiger partial charge in [0.15, 0.2) is 5.65 Å². The van der Waals surface area contributed by atoms with Gasteiger partial charge in [0.1, 0.15) is 0 Å². The third-order valence-electron chi connectivity index (χ3n) is 4.02. The molecule has 3 aromatic rings. The summed E-state index contributed by atoms with van der Waals surface area (Å²) in [5.41, 5.74) is 4.31. The average molecular weight is 340 g/mol. The van der Waals surface area contributed by atoms with E-state index in [9.17, 15) is 4.79 Å².